The molecule has 1 atom stereocenters. The third-order valence-corrected chi connectivity index (χ3v) is 3.79. The van der Waals surface area contributed by atoms with Gasteiger partial charge >= 0.3 is 0 Å². The van der Waals surface area contributed by atoms with Gasteiger partial charge in [0.25, 0.3) is 0 Å². The van der Waals surface area contributed by atoms with Crippen LogP contribution in [0, 0.1) is 11.6 Å². The Kier molecular flexibility index (Phi) is 6.95. The van der Waals surface area contributed by atoms with Gasteiger partial charge in [0, 0.05) is 11.6 Å². The quantitative estimate of drug-likeness (QED) is 0.673. The Labute approximate surface area is 115 Å². The number of likely N-dealkylation sites (N-methyl/N-ethyl adjacent to an activating group) is 2. The molecule has 0 fully saturated rings. The second kappa shape index (κ2) is 8.23. The minimum Gasteiger partial charge on any atom is -0.331 e. The first kappa shape index (κ1) is 16.1. The van der Waals surface area contributed by atoms with Gasteiger partial charge < -0.3 is 9.80 Å². The van der Waals surface area contributed by atoms with Crippen LogP contribution in [0.25, 0.3) is 0 Å². The van der Waals surface area contributed by atoms with Crippen LogP contribution in [0.4, 0.5) is 8.78 Å². The molecule has 0 spiro atoms. The van der Waals surface area contributed by atoms with Crippen molar-refractivity contribution in [3.05, 3.63) is 35.4 Å². The Hall–Kier alpha value is -1.00. The maximum Gasteiger partial charge on any atom is 0.134 e. The van der Waals surface area contributed by atoms with Crippen molar-refractivity contribution in [2.75, 3.05) is 32.7 Å². The Bertz CT molecular complexity index is 378. The van der Waals surface area contributed by atoms with Gasteiger partial charge in [-0.05, 0) is 32.9 Å². The average molecular weight is 272 g/mol. The van der Waals surface area contributed by atoms with Crippen LogP contribution in [0.2, 0.25) is 0 Å². The van der Waals surface area contributed by atoms with E-state index in [2.05, 4.69) is 20.8 Å². The summed E-state index contributed by atoms with van der Waals surface area (Å²) in [4.78, 5) is 2.90. The van der Waals surface area contributed by atoms with Gasteiger partial charge in [0.2, 0.25) is 0 Å². The molecule has 0 saturated heterocycles. The van der Waals surface area contributed by atoms with Crippen LogP contribution in [0.15, 0.2) is 18.2 Å². The average Bonchev–Trinajstić information content (AvgIpc) is 2.41. The monoisotopic (exact) mass is 272 g/mol. The second-order valence-electron chi connectivity index (χ2n) is 4.97. The van der Waals surface area contributed by atoms with Gasteiger partial charge in [-0.1, -0.05) is 0 Å². The summed E-state index contributed by atoms with van der Waals surface area (Å²) < 4.78 is 26.5. The molecule has 0 aliphatic heterocycles. The van der Waals surface area contributed by atoms with Crippen molar-refractivity contribution < 1.29 is 18.6 Å². The van der Waals surface area contributed by atoms with Crippen molar-refractivity contribution >= 4 is 0 Å². The Morgan fingerprint density at radius 2 is 1.47 bits per heavy atom. The van der Waals surface area contributed by atoms with Crippen LogP contribution < -0.4 is 9.80 Å². The molecule has 0 heterocycles. The lowest BCUT2D eigenvalue weighted by atomic mass is 10.2. The van der Waals surface area contributed by atoms with Crippen molar-refractivity contribution in [1.29, 1.82) is 0 Å². The summed E-state index contributed by atoms with van der Waals surface area (Å²) in [5.41, 5.74) is 0.604. The summed E-state index contributed by atoms with van der Waals surface area (Å²) in [7, 11) is 0. The van der Waals surface area contributed by atoms with Crippen LogP contribution >= 0.6 is 0 Å². The smallest absolute Gasteiger partial charge is 0.134 e. The first-order valence-electron chi connectivity index (χ1n) is 7.21. The van der Waals surface area contributed by atoms with Gasteiger partial charge in [-0.2, -0.15) is 0 Å². The molecule has 19 heavy (non-hydrogen) atoms. The summed E-state index contributed by atoms with van der Waals surface area (Å²) in [6, 6.07) is 3.87. The maximum absolute atomic E-state index is 13.6. The summed E-state index contributed by atoms with van der Waals surface area (Å²) in [5, 5.41) is 0. The highest BCUT2D eigenvalue weighted by molar-refractivity contribution is 5.17. The lowest BCUT2D eigenvalue weighted by Crippen LogP contribution is -3.19. The predicted octanol–water partition coefficient (Wildman–Crippen LogP) is 0.294. The first-order valence-corrected chi connectivity index (χ1v) is 7.21. The van der Waals surface area contributed by atoms with Crippen molar-refractivity contribution in [3.8, 4) is 0 Å². The highest BCUT2D eigenvalue weighted by atomic mass is 19.1. The first-order chi connectivity index (χ1) is 9.10. The van der Waals surface area contributed by atoms with Crippen molar-refractivity contribution in [2.45, 2.75) is 27.3 Å². The standard InChI is InChI=1S/C15H24F2N2/c1-4-18(5-2)9-10-19(6-3)12-13-7-8-14(16)11-15(13)17/h7-8,11H,4-6,9-10,12H2,1-3H3/p+2. The molecule has 0 aliphatic carbocycles. The molecular weight excluding hydrogens is 246 g/mol. The van der Waals surface area contributed by atoms with Crippen LogP contribution in [0.3, 0.4) is 0 Å². The zero-order chi connectivity index (χ0) is 14.3. The number of rotatable bonds is 8. The fourth-order valence-corrected chi connectivity index (χ4v) is 2.28. The van der Waals surface area contributed by atoms with Crippen molar-refractivity contribution in [3.63, 3.8) is 0 Å². The molecule has 0 aromatic heterocycles. The van der Waals surface area contributed by atoms with Gasteiger partial charge in [0.15, 0.2) is 0 Å². The molecule has 0 saturated carbocycles. The van der Waals surface area contributed by atoms with E-state index in [4.69, 9.17) is 0 Å². The lowest BCUT2D eigenvalue weighted by molar-refractivity contribution is -0.962. The summed E-state index contributed by atoms with van der Waals surface area (Å²) in [6.07, 6.45) is 0. The second-order valence-corrected chi connectivity index (χ2v) is 4.97. The summed E-state index contributed by atoms with van der Waals surface area (Å²) in [6.45, 7) is 12.4. The van der Waals surface area contributed by atoms with Gasteiger partial charge in [0.05, 0.1) is 19.6 Å². The maximum atomic E-state index is 13.6. The van der Waals surface area contributed by atoms with E-state index in [0.717, 1.165) is 38.8 Å². The number of halogens is 2. The fraction of sp³-hybridized carbons (Fsp3) is 0.600. The molecule has 1 rings (SSSR count). The highest BCUT2D eigenvalue weighted by Crippen LogP contribution is 2.07. The molecule has 1 aromatic carbocycles. The molecule has 108 valence electrons. The molecule has 0 amide bonds. The summed E-state index contributed by atoms with van der Waals surface area (Å²) in [5.74, 6) is -0.937. The van der Waals surface area contributed by atoms with Crippen LogP contribution in [-0.2, 0) is 6.54 Å². The number of nitrogens with one attached hydrogen (secondary N) is 2. The SMILES string of the molecule is CC[NH+](CC)CC[NH+](CC)Cc1ccc(F)cc1F. The van der Waals surface area contributed by atoms with E-state index in [1.54, 1.807) is 11.0 Å². The Balaban J connectivity index is 2.56. The third-order valence-electron chi connectivity index (χ3n) is 3.79. The highest BCUT2D eigenvalue weighted by Gasteiger charge is 2.14. The molecule has 0 radical (unpaired) electrons. The topological polar surface area (TPSA) is 8.88 Å². The Morgan fingerprint density at radius 1 is 0.895 bits per heavy atom. The van der Waals surface area contributed by atoms with Gasteiger partial charge in [-0.15, -0.1) is 0 Å². The van der Waals surface area contributed by atoms with Crippen LogP contribution in [0.1, 0.15) is 26.3 Å². The molecule has 1 unspecified atom stereocenters. The van der Waals surface area contributed by atoms with E-state index in [-0.39, 0.29) is 0 Å². The fourth-order valence-electron chi connectivity index (χ4n) is 2.28. The molecule has 1 aromatic rings. The molecule has 2 nitrogen and oxygen atoms in total. The van der Waals surface area contributed by atoms with Crippen molar-refractivity contribution in [2.24, 2.45) is 0 Å². The predicted molar refractivity (Wildman–Crippen MR) is 73.3 cm³/mol. The van der Waals surface area contributed by atoms with Crippen LogP contribution in [-0.4, -0.2) is 32.7 Å². The largest absolute Gasteiger partial charge is 0.331 e. The number of benzene rings is 1. The summed E-state index contributed by atoms with van der Waals surface area (Å²) >= 11 is 0. The molecular formula is C15H26F2N2+2. The van der Waals surface area contributed by atoms with E-state index < -0.39 is 11.6 Å². The van der Waals surface area contributed by atoms with E-state index in [0.29, 0.717) is 12.1 Å². The van der Waals surface area contributed by atoms with Gasteiger partial charge in [-0.25, -0.2) is 8.78 Å². The molecule has 2 N–H and O–H groups in total. The third kappa shape index (κ3) is 5.25. The van der Waals surface area contributed by atoms with E-state index in [1.807, 2.05) is 0 Å². The lowest BCUT2D eigenvalue weighted by Gasteiger charge is -2.21. The van der Waals surface area contributed by atoms with Crippen LogP contribution in [0.5, 0.6) is 0 Å². The molecule has 0 aliphatic rings. The van der Waals surface area contributed by atoms with Gasteiger partial charge in [0.1, 0.15) is 31.3 Å². The van der Waals surface area contributed by atoms with E-state index in [9.17, 15) is 8.78 Å². The molecule has 0 bridgehead atoms. The normalized spacial score (nSPS) is 12.9. The molecule has 4 heteroatoms. The number of hydrogen-bond acceptors (Lipinski definition) is 0. The zero-order valence-electron chi connectivity index (χ0n) is 12.2. The number of quaternary nitrogens is 2. The van der Waals surface area contributed by atoms with Gasteiger partial charge in [-0.3, -0.25) is 0 Å². The number of hydrogen-bond donors (Lipinski definition) is 2. The zero-order valence-corrected chi connectivity index (χ0v) is 12.2. The van der Waals surface area contributed by atoms with E-state index in [1.165, 1.54) is 11.0 Å². The minimum absolute atomic E-state index is 0.430. The van der Waals surface area contributed by atoms with Crippen molar-refractivity contribution in [1.82, 2.24) is 0 Å². The minimum atomic E-state index is -0.508. The van der Waals surface area contributed by atoms with E-state index >= 15 is 0 Å². The Morgan fingerprint density at radius 3 is 2.00 bits per heavy atom.